The van der Waals surface area contributed by atoms with E-state index < -0.39 is 0 Å². The first-order valence-corrected chi connectivity index (χ1v) is 5.87. The number of aromatic nitrogens is 1. The van der Waals surface area contributed by atoms with Crippen molar-refractivity contribution in [3.63, 3.8) is 0 Å². The molecule has 0 bridgehead atoms. The fourth-order valence-electron chi connectivity index (χ4n) is 1.42. The number of rotatable bonds is 5. The summed E-state index contributed by atoms with van der Waals surface area (Å²) in [4.78, 5) is 13.9. The van der Waals surface area contributed by atoms with Crippen molar-refractivity contribution in [2.75, 3.05) is 20.6 Å². The summed E-state index contributed by atoms with van der Waals surface area (Å²) in [7, 11) is 3.96. The Balaban J connectivity index is 2.61. The molecule has 1 N–H and O–H groups in total. The van der Waals surface area contributed by atoms with E-state index in [1.807, 2.05) is 39.8 Å². The number of amides is 1. The Kier molecular flexibility index (Phi) is 4.69. The number of aryl methyl sites for hydroxylation is 1. The Bertz CT molecular complexity index is 385. The molecule has 0 aliphatic heterocycles. The van der Waals surface area contributed by atoms with E-state index in [2.05, 4.69) is 10.5 Å². The molecule has 0 aliphatic carbocycles. The van der Waals surface area contributed by atoms with Gasteiger partial charge in [-0.3, -0.25) is 4.79 Å². The van der Waals surface area contributed by atoms with Gasteiger partial charge in [0, 0.05) is 24.6 Å². The first kappa shape index (κ1) is 13.7. The summed E-state index contributed by atoms with van der Waals surface area (Å²) in [5, 5.41) is 6.66. The lowest BCUT2D eigenvalue weighted by molar-refractivity contribution is 0.0934. The summed E-state index contributed by atoms with van der Waals surface area (Å²) in [5.74, 6) is 0.607. The van der Waals surface area contributed by atoms with Crippen LogP contribution in [0.1, 0.15) is 35.7 Å². The van der Waals surface area contributed by atoms with Crippen LogP contribution in [0.25, 0.3) is 0 Å². The van der Waals surface area contributed by atoms with Crippen molar-refractivity contribution in [1.29, 1.82) is 0 Å². The van der Waals surface area contributed by atoms with Gasteiger partial charge in [-0.2, -0.15) is 0 Å². The van der Waals surface area contributed by atoms with Crippen molar-refractivity contribution >= 4 is 5.91 Å². The molecule has 1 aromatic rings. The van der Waals surface area contributed by atoms with Gasteiger partial charge in [-0.05, 0) is 27.9 Å². The maximum Gasteiger partial charge on any atom is 0.273 e. The van der Waals surface area contributed by atoms with Crippen LogP contribution in [0.15, 0.2) is 4.52 Å². The Morgan fingerprint density at radius 1 is 1.53 bits per heavy atom. The number of hydrogen-bond donors (Lipinski definition) is 1. The van der Waals surface area contributed by atoms with Crippen LogP contribution in [0.4, 0.5) is 0 Å². The second-order valence-corrected chi connectivity index (χ2v) is 4.46. The molecule has 1 amide bonds. The maximum atomic E-state index is 11.9. The van der Waals surface area contributed by atoms with Gasteiger partial charge in [0.15, 0.2) is 5.69 Å². The Hall–Kier alpha value is -1.36. The maximum absolute atomic E-state index is 11.9. The standard InChI is InChI=1S/C12H21N3O2/c1-6-10-9(3)11(14-17-10)12(16)13-7-8(2)15(4)5/h8H,6-7H2,1-5H3,(H,13,16). The summed E-state index contributed by atoms with van der Waals surface area (Å²) in [6, 6.07) is 0.289. The molecular formula is C12H21N3O2. The lowest BCUT2D eigenvalue weighted by atomic mass is 10.1. The third-order valence-corrected chi connectivity index (χ3v) is 3.00. The molecule has 1 heterocycles. The van der Waals surface area contributed by atoms with Crippen LogP contribution in [0.2, 0.25) is 0 Å². The zero-order valence-electron chi connectivity index (χ0n) is 11.2. The summed E-state index contributed by atoms with van der Waals surface area (Å²) < 4.78 is 5.10. The number of nitrogens with one attached hydrogen (secondary N) is 1. The predicted molar refractivity (Wildman–Crippen MR) is 66.1 cm³/mol. The first-order valence-electron chi connectivity index (χ1n) is 5.87. The fraction of sp³-hybridized carbons (Fsp3) is 0.667. The Labute approximate surface area is 102 Å². The van der Waals surface area contributed by atoms with E-state index in [4.69, 9.17) is 4.52 Å². The number of likely N-dealkylation sites (N-methyl/N-ethyl adjacent to an activating group) is 1. The SMILES string of the molecule is CCc1onc(C(=O)NCC(C)N(C)C)c1C. The quantitative estimate of drug-likeness (QED) is 0.839. The van der Waals surface area contributed by atoms with Gasteiger partial charge in [0.2, 0.25) is 0 Å². The molecule has 0 fully saturated rings. The van der Waals surface area contributed by atoms with Crippen LogP contribution >= 0.6 is 0 Å². The number of carbonyl (C=O) groups excluding carboxylic acids is 1. The Morgan fingerprint density at radius 2 is 2.18 bits per heavy atom. The minimum Gasteiger partial charge on any atom is -0.360 e. The number of carbonyl (C=O) groups is 1. The topological polar surface area (TPSA) is 58.4 Å². The van der Waals surface area contributed by atoms with Crippen molar-refractivity contribution in [1.82, 2.24) is 15.4 Å². The zero-order chi connectivity index (χ0) is 13.0. The van der Waals surface area contributed by atoms with Crippen LogP contribution in [-0.2, 0) is 6.42 Å². The molecule has 0 radical (unpaired) electrons. The average Bonchev–Trinajstić information content (AvgIpc) is 2.66. The van der Waals surface area contributed by atoms with Gasteiger partial charge >= 0.3 is 0 Å². The van der Waals surface area contributed by atoms with E-state index >= 15 is 0 Å². The molecule has 0 aliphatic rings. The molecule has 0 saturated carbocycles. The molecule has 1 unspecified atom stereocenters. The highest BCUT2D eigenvalue weighted by molar-refractivity contribution is 5.93. The van der Waals surface area contributed by atoms with E-state index in [-0.39, 0.29) is 11.9 Å². The van der Waals surface area contributed by atoms with Gasteiger partial charge in [0.1, 0.15) is 5.76 Å². The summed E-state index contributed by atoms with van der Waals surface area (Å²) >= 11 is 0. The Morgan fingerprint density at radius 3 is 2.65 bits per heavy atom. The highest BCUT2D eigenvalue weighted by atomic mass is 16.5. The van der Waals surface area contributed by atoms with E-state index in [1.54, 1.807) is 0 Å². The van der Waals surface area contributed by atoms with Crippen molar-refractivity contribution in [2.24, 2.45) is 0 Å². The smallest absolute Gasteiger partial charge is 0.273 e. The minimum absolute atomic E-state index is 0.167. The van der Waals surface area contributed by atoms with Gasteiger partial charge in [0.05, 0.1) is 0 Å². The lowest BCUT2D eigenvalue weighted by Crippen LogP contribution is -2.38. The lowest BCUT2D eigenvalue weighted by Gasteiger charge is -2.19. The van der Waals surface area contributed by atoms with Gasteiger partial charge in [0.25, 0.3) is 5.91 Å². The molecule has 1 rings (SSSR count). The van der Waals surface area contributed by atoms with Crippen LogP contribution in [0.5, 0.6) is 0 Å². The summed E-state index contributed by atoms with van der Waals surface area (Å²) in [6.07, 6.45) is 0.750. The van der Waals surface area contributed by atoms with E-state index in [1.165, 1.54) is 0 Å². The average molecular weight is 239 g/mol. The first-order chi connectivity index (χ1) is 7.97. The molecule has 17 heavy (non-hydrogen) atoms. The van der Waals surface area contributed by atoms with Gasteiger partial charge in [-0.15, -0.1) is 0 Å². The predicted octanol–water partition coefficient (Wildman–Crippen LogP) is 1.23. The van der Waals surface area contributed by atoms with E-state index in [9.17, 15) is 4.79 Å². The van der Waals surface area contributed by atoms with Crippen LogP contribution in [0, 0.1) is 6.92 Å². The largest absolute Gasteiger partial charge is 0.360 e. The van der Waals surface area contributed by atoms with Gasteiger partial charge in [-0.1, -0.05) is 12.1 Å². The van der Waals surface area contributed by atoms with E-state index in [0.29, 0.717) is 12.2 Å². The van der Waals surface area contributed by atoms with Crippen molar-refractivity contribution < 1.29 is 9.32 Å². The minimum atomic E-state index is -0.167. The monoisotopic (exact) mass is 239 g/mol. The van der Waals surface area contributed by atoms with Crippen LogP contribution in [-0.4, -0.2) is 42.6 Å². The molecule has 5 heteroatoms. The third kappa shape index (κ3) is 3.30. The highest BCUT2D eigenvalue weighted by Gasteiger charge is 2.18. The molecule has 0 saturated heterocycles. The van der Waals surface area contributed by atoms with Crippen LogP contribution < -0.4 is 5.32 Å². The molecule has 1 aromatic heterocycles. The second-order valence-electron chi connectivity index (χ2n) is 4.46. The normalized spacial score (nSPS) is 12.8. The fourth-order valence-corrected chi connectivity index (χ4v) is 1.42. The molecular weight excluding hydrogens is 218 g/mol. The van der Waals surface area contributed by atoms with Crippen LogP contribution in [0.3, 0.4) is 0 Å². The highest BCUT2D eigenvalue weighted by Crippen LogP contribution is 2.13. The van der Waals surface area contributed by atoms with Crippen molar-refractivity contribution in [3.8, 4) is 0 Å². The van der Waals surface area contributed by atoms with Gasteiger partial charge < -0.3 is 14.7 Å². The number of nitrogens with zero attached hydrogens (tertiary/aromatic N) is 2. The molecule has 96 valence electrons. The summed E-state index contributed by atoms with van der Waals surface area (Å²) in [5.41, 5.74) is 1.23. The van der Waals surface area contributed by atoms with Gasteiger partial charge in [-0.25, -0.2) is 0 Å². The molecule has 0 spiro atoms. The zero-order valence-corrected chi connectivity index (χ0v) is 11.2. The van der Waals surface area contributed by atoms with Crippen molar-refractivity contribution in [2.45, 2.75) is 33.2 Å². The van der Waals surface area contributed by atoms with Crippen molar-refractivity contribution in [3.05, 3.63) is 17.0 Å². The van der Waals surface area contributed by atoms with E-state index in [0.717, 1.165) is 17.7 Å². The molecule has 0 aromatic carbocycles. The number of hydrogen-bond acceptors (Lipinski definition) is 4. The molecule has 1 atom stereocenters. The summed E-state index contributed by atoms with van der Waals surface area (Å²) in [6.45, 7) is 6.48. The molecule has 5 nitrogen and oxygen atoms in total. The third-order valence-electron chi connectivity index (χ3n) is 3.00. The second kappa shape index (κ2) is 5.82.